The van der Waals surface area contributed by atoms with Crippen molar-refractivity contribution in [3.05, 3.63) is 52.0 Å². The van der Waals surface area contributed by atoms with Crippen molar-refractivity contribution in [1.29, 1.82) is 0 Å². The van der Waals surface area contributed by atoms with Crippen LogP contribution in [0.1, 0.15) is 11.1 Å². The molecule has 0 saturated carbocycles. The van der Waals surface area contributed by atoms with Gasteiger partial charge in [-0.3, -0.25) is 4.72 Å². The zero-order valence-electron chi connectivity index (χ0n) is 11.1. The second kappa shape index (κ2) is 5.46. The summed E-state index contributed by atoms with van der Waals surface area (Å²) in [5, 5.41) is 0. The zero-order chi connectivity index (χ0) is 14.9. The first-order valence-corrected chi connectivity index (χ1v) is 8.22. The Morgan fingerprint density at radius 2 is 1.85 bits per heavy atom. The predicted octanol–water partition coefficient (Wildman–Crippen LogP) is 3.45. The van der Waals surface area contributed by atoms with Crippen LogP contribution in [0.4, 0.5) is 11.4 Å². The lowest BCUT2D eigenvalue weighted by Gasteiger charge is -2.11. The molecule has 4 nitrogen and oxygen atoms in total. The molecule has 3 N–H and O–H groups in total. The molecule has 6 heteroatoms. The standard InChI is InChI=1S/C14H15BrN2O2S/c1-9-6-13(8-14(16)10(9)2)20(18,19)17-12-5-3-4-11(15)7-12/h3-8,17H,16H2,1-2H3. The second-order valence-corrected chi connectivity index (χ2v) is 7.17. The summed E-state index contributed by atoms with van der Waals surface area (Å²) < 4.78 is 28.0. The molecule has 0 aliphatic heterocycles. The third-order valence-corrected chi connectivity index (χ3v) is 4.92. The van der Waals surface area contributed by atoms with Crippen molar-refractivity contribution in [1.82, 2.24) is 0 Å². The average molecular weight is 355 g/mol. The largest absolute Gasteiger partial charge is 0.398 e. The molecule has 0 aromatic heterocycles. The van der Waals surface area contributed by atoms with Crippen LogP contribution in [-0.2, 0) is 10.0 Å². The fourth-order valence-electron chi connectivity index (χ4n) is 1.77. The van der Waals surface area contributed by atoms with Gasteiger partial charge in [-0.15, -0.1) is 0 Å². The van der Waals surface area contributed by atoms with Crippen molar-refractivity contribution in [2.24, 2.45) is 0 Å². The summed E-state index contributed by atoms with van der Waals surface area (Å²) in [7, 11) is -3.64. The molecule has 0 bridgehead atoms. The summed E-state index contributed by atoms with van der Waals surface area (Å²) in [6, 6.07) is 10.1. The number of benzene rings is 2. The number of sulfonamides is 1. The molecule has 0 amide bonds. The van der Waals surface area contributed by atoms with Gasteiger partial charge in [-0.1, -0.05) is 22.0 Å². The second-order valence-electron chi connectivity index (χ2n) is 4.57. The number of rotatable bonds is 3. The maximum absolute atomic E-state index is 12.3. The van der Waals surface area contributed by atoms with Gasteiger partial charge >= 0.3 is 0 Å². The number of nitrogens with two attached hydrogens (primary N) is 1. The van der Waals surface area contributed by atoms with Crippen molar-refractivity contribution < 1.29 is 8.42 Å². The highest BCUT2D eigenvalue weighted by atomic mass is 79.9. The Labute approximate surface area is 127 Å². The van der Waals surface area contributed by atoms with E-state index in [1.807, 2.05) is 19.9 Å². The Morgan fingerprint density at radius 1 is 1.15 bits per heavy atom. The summed E-state index contributed by atoms with van der Waals surface area (Å²) >= 11 is 3.30. The minimum absolute atomic E-state index is 0.165. The molecular weight excluding hydrogens is 340 g/mol. The lowest BCUT2D eigenvalue weighted by molar-refractivity contribution is 0.601. The molecule has 0 aliphatic rings. The molecule has 0 radical (unpaired) electrons. The smallest absolute Gasteiger partial charge is 0.261 e. The first-order chi connectivity index (χ1) is 9.29. The molecule has 0 atom stereocenters. The van der Waals surface area contributed by atoms with Crippen LogP contribution in [-0.4, -0.2) is 8.42 Å². The third-order valence-electron chi connectivity index (χ3n) is 3.07. The van der Waals surface area contributed by atoms with Gasteiger partial charge in [-0.05, 0) is 55.3 Å². The first kappa shape index (κ1) is 14.9. The molecule has 2 aromatic carbocycles. The van der Waals surface area contributed by atoms with Gasteiger partial charge in [0, 0.05) is 15.8 Å². The Kier molecular flexibility index (Phi) is 4.06. The van der Waals surface area contributed by atoms with Gasteiger partial charge in [-0.25, -0.2) is 8.42 Å². The van der Waals surface area contributed by atoms with Gasteiger partial charge in [0.15, 0.2) is 0 Å². The number of aryl methyl sites for hydroxylation is 1. The van der Waals surface area contributed by atoms with Crippen LogP contribution < -0.4 is 10.5 Å². The van der Waals surface area contributed by atoms with Gasteiger partial charge < -0.3 is 5.73 Å². The molecule has 2 rings (SSSR count). The van der Waals surface area contributed by atoms with Crippen molar-refractivity contribution in [3.63, 3.8) is 0 Å². The summed E-state index contributed by atoms with van der Waals surface area (Å²) in [6.07, 6.45) is 0. The monoisotopic (exact) mass is 354 g/mol. The maximum atomic E-state index is 12.3. The van der Waals surface area contributed by atoms with Crippen LogP contribution >= 0.6 is 15.9 Å². The molecule has 0 heterocycles. The first-order valence-electron chi connectivity index (χ1n) is 5.95. The number of hydrogen-bond donors (Lipinski definition) is 2. The molecular formula is C14H15BrN2O2S. The van der Waals surface area contributed by atoms with E-state index in [9.17, 15) is 8.42 Å². The molecule has 0 unspecified atom stereocenters. The highest BCUT2D eigenvalue weighted by molar-refractivity contribution is 9.10. The van der Waals surface area contributed by atoms with E-state index < -0.39 is 10.0 Å². The number of nitrogens with one attached hydrogen (secondary N) is 1. The van der Waals surface area contributed by atoms with E-state index in [1.165, 1.54) is 6.07 Å². The van der Waals surface area contributed by atoms with Crippen molar-refractivity contribution >= 4 is 37.3 Å². The number of hydrogen-bond acceptors (Lipinski definition) is 3. The topological polar surface area (TPSA) is 72.2 Å². The minimum Gasteiger partial charge on any atom is -0.398 e. The van der Waals surface area contributed by atoms with E-state index in [-0.39, 0.29) is 4.90 Å². The van der Waals surface area contributed by atoms with Crippen LogP contribution in [0.25, 0.3) is 0 Å². The average Bonchev–Trinajstić information content (AvgIpc) is 2.34. The SMILES string of the molecule is Cc1cc(S(=O)(=O)Nc2cccc(Br)c2)cc(N)c1C. The molecule has 0 saturated heterocycles. The Balaban J connectivity index is 2.41. The molecule has 106 valence electrons. The van der Waals surface area contributed by atoms with Gasteiger partial charge in [0.25, 0.3) is 10.0 Å². The van der Waals surface area contributed by atoms with Gasteiger partial charge in [-0.2, -0.15) is 0 Å². The van der Waals surface area contributed by atoms with Crippen molar-refractivity contribution in [2.45, 2.75) is 18.7 Å². The van der Waals surface area contributed by atoms with E-state index >= 15 is 0 Å². The summed E-state index contributed by atoms with van der Waals surface area (Å²) in [5.41, 5.74) is 8.55. The van der Waals surface area contributed by atoms with Crippen LogP contribution in [0.3, 0.4) is 0 Å². The van der Waals surface area contributed by atoms with Gasteiger partial charge in [0.1, 0.15) is 0 Å². The molecule has 0 fully saturated rings. The third kappa shape index (κ3) is 3.13. The van der Waals surface area contributed by atoms with Crippen molar-refractivity contribution in [3.8, 4) is 0 Å². The fourth-order valence-corrected chi connectivity index (χ4v) is 3.34. The van der Waals surface area contributed by atoms with E-state index in [1.54, 1.807) is 24.3 Å². The Morgan fingerprint density at radius 3 is 2.45 bits per heavy atom. The van der Waals surface area contributed by atoms with E-state index in [4.69, 9.17) is 5.73 Å². The summed E-state index contributed by atoms with van der Waals surface area (Å²) in [5.74, 6) is 0. The molecule has 2 aromatic rings. The van der Waals surface area contributed by atoms with E-state index in [0.717, 1.165) is 15.6 Å². The predicted molar refractivity (Wildman–Crippen MR) is 85.3 cm³/mol. The Bertz CT molecular complexity index is 735. The summed E-state index contributed by atoms with van der Waals surface area (Å²) in [6.45, 7) is 3.70. The number of nitrogen functional groups attached to an aromatic ring is 1. The van der Waals surface area contributed by atoms with E-state index in [2.05, 4.69) is 20.7 Å². The quantitative estimate of drug-likeness (QED) is 0.829. The molecule has 0 aliphatic carbocycles. The molecule has 20 heavy (non-hydrogen) atoms. The van der Waals surface area contributed by atoms with E-state index in [0.29, 0.717) is 11.4 Å². The van der Waals surface area contributed by atoms with Gasteiger partial charge in [0.05, 0.1) is 4.90 Å². The maximum Gasteiger partial charge on any atom is 0.261 e. The fraction of sp³-hybridized carbons (Fsp3) is 0.143. The number of anilines is 2. The summed E-state index contributed by atoms with van der Waals surface area (Å²) in [4.78, 5) is 0.165. The zero-order valence-corrected chi connectivity index (χ0v) is 13.5. The number of halogens is 1. The van der Waals surface area contributed by atoms with Crippen LogP contribution in [0.2, 0.25) is 0 Å². The minimum atomic E-state index is -3.64. The Hall–Kier alpha value is -1.53. The highest BCUT2D eigenvalue weighted by Gasteiger charge is 2.16. The van der Waals surface area contributed by atoms with Crippen LogP contribution in [0.15, 0.2) is 45.8 Å². The molecule has 0 spiro atoms. The van der Waals surface area contributed by atoms with Crippen molar-refractivity contribution in [2.75, 3.05) is 10.5 Å². The lowest BCUT2D eigenvalue weighted by atomic mass is 10.1. The van der Waals surface area contributed by atoms with Crippen LogP contribution in [0.5, 0.6) is 0 Å². The normalized spacial score (nSPS) is 11.3. The highest BCUT2D eigenvalue weighted by Crippen LogP contribution is 2.24. The van der Waals surface area contributed by atoms with Crippen LogP contribution in [0, 0.1) is 13.8 Å². The van der Waals surface area contributed by atoms with Gasteiger partial charge in [0.2, 0.25) is 0 Å². The lowest BCUT2D eigenvalue weighted by Crippen LogP contribution is -2.14.